The second-order valence-corrected chi connectivity index (χ2v) is 6.14. The van der Waals surface area contributed by atoms with Crippen molar-refractivity contribution in [3.63, 3.8) is 0 Å². The highest BCUT2D eigenvalue weighted by Crippen LogP contribution is 2.21. The number of hydrogen-bond donors (Lipinski definition) is 1. The number of benzene rings is 1. The van der Waals surface area contributed by atoms with Crippen molar-refractivity contribution in [3.8, 4) is 0 Å². The number of methoxy groups -OCH3 is 1. The number of piperazine rings is 1. The number of ether oxygens (including phenoxy) is 1. The first-order valence-corrected chi connectivity index (χ1v) is 8.30. The first kappa shape index (κ1) is 17.2. The van der Waals surface area contributed by atoms with E-state index in [0.29, 0.717) is 5.56 Å². The van der Waals surface area contributed by atoms with Crippen molar-refractivity contribution in [1.82, 2.24) is 14.9 Å². The van der Waals surface area contributed by atoms with E-state index in [2.05, 4.69) is 32.1 Å². The number of nitrogens with one attached hydrogen (secondary N) is 1. The van der Waals surface area contributed by atoms with Crippen LogP contribution < -0.4 is 10.2 Å². The highest BCUT2D eigenvalue weighted by molar-refractivity contribution is 5.89. The monoisotopic (exact) mass is 341 g/mol. The Balaban J connectivity index is 1.75. The number of nitrogens with zero attached hydrogens (tertiary/aromatic N) is 4. The van der Waals surface area contributed by atoms with Gasteiger partial charge in [0.2, 0.25) is 0 Å². The Morgan fingerprint density at radius 1 is 1.12 bits per heavy atom. The lowest BCUT2D eigenvalue weighted by molar-refractivity contribution is 0.0601. The van der Waals surface area contributed by atoms with Crippen LogP contribution in [0.5, 0.6) is 0 Å². The highest BCUT2D eigenvalue weighted by atomic mass is 16.5. The number of carbonyl (C=O) groups excluding carboxylic acids is 1. The molecule has 1 aromatic carbocycles. The lowest BCUT2D eigenvalue weighted by Crippen LogP contribution is -2.44. The summed E-state index contributed by atoms with van der Waals surface area (Å²) in [5.41, 5.74) is 1.38. The number of rotatable bonds is 4. The molecule has 0 aliphatic carbocycles. The maximum atomic E-state index is 11.5. The minimum absolute atomic E-state index is 0.346. The largest absolute Gasteiger partial charge is 0.465 e. The summed E-state index contributed by atoms with van der Waals surface area (Å²) in [6, 6.07) is 9.08. The summed E-state index contributed by atoms with van der Waals surface area (Å²) in [6.45, 7) is 5.87. The molecule has 0 radical (unpaired) electrons. The summed E-state index contributed by atoms with van der Waals surface area (Å²) in [5.74, 6) is 2.06. The van der Waals surface area contributed by atoms with E-state index in [1.54, 1.807) is 12.1 Å². The van der Waals surface area contributed by atoms with Gasteiger partial charge in [0.25, 0.3) is 0 Å². The average Bonchev–Trinajstić information content (AvgIpc) is 2.62. The maximum absolute atomic E-state index is 11.5. The Bertz CT molecular complexity index is 740. The summed E-state index contributed by atoms with van der Waals surface area (Å²) < 4.78 is 4.71. The van der Waals surface area contributed by atoms with Crippen molar-refractivity contribution >= 4 is 23.3 Å². The molecule has 132 valence electrons. The Morgan fingerprint density at radius 3 is 2.44 bits per heavy atom. The van der Waals surface area contributed by atoms with E-state index < -0.39 is 0 Å². The van der Waals surface area contributed by atoms with E-state index in [-0.39, 0.29) is 5.97 Å². The molecule has 1 fully saturated rings. The van der Waals surface area contributed by atoms with Crippen LogP contribution in [0.15, 0.2) is 30.3 Å². The van der Waals surface area contributed by atoms with Crippen LogP contribution in [0.4, 0.5) is 17.3 Å². The van der Waals surface area contributed by atoms with Gasteiger partial charge in [0.15, 0.2) is 0 Å². The predicted octanol–water partition coefficient (Wildman–Crippen LogP) is 2.07. The molecule has 0 spiro atoms. The van der Waals surface area contributed by atoms with Crippen molar-refractivity contribution in [1.29, 1.82) is 0 Å². The molecule has 7 nitrogen and oxygen atoms in total. The zero-order chi connectivity index (χ0) is 17.8. The molecule has 1 aromatic heterocycles. The minimum atomic E-state index is -0.346. The zero-order valence-electron chi connectivity index (χ0n) is 14.8. The normalized spacial score (nSPS) is 15.1. The standard InChI is InChI=1S/C18H23N5O2/c1-13-19-16(12-17(20-13)23-10-8-22(2)9-11-23)21-15-6-4-14(5-7-15)18(24)25-3/h4-7,12H,8-11H2,1-3H3,(H,19,20,21). The molecule has 2 aromatic rings. The fourth-order valence-electron chi connectivity index (χ4n) is 2.77. The maximum Gasteiger partial charge on any atom is 0.337 e. The van der Waals surface area contributed by atoms with Crippen molar-refractivity contribution in [2.45, 2.75) is 6.92 Å². The van der Waals surface area contributed by atoms with Crippen molar-refractivity contribution in [3.05, 3.63) is 41.7 Å². The van der Waals surface area contributed by atoms with Crippen molar-refractivity contribution < 1.29 is 9.53 Å². The molecule has 1 aliphatic heterocycles. The van der Waals surface area contributed by atoms with E-state index in [4.69, 9.17) is 4.74 Å². The van der Waals surface area contributed by atoms with Gasteiger partial charge in [-0.25, -0.2) is 14.8 Å². The van der Waals surface area contributed by atoms with E-state index >= 15 is 0 Å². The van der Waals surface area contributed by atoms with Crippen LogP contribution >= 0.6 is 0 Å². The van der Waals surface area contributed by atoms with E-state index in [1.807, 2.05) is 25.1 Å². The first-order chi connectivity index (χ1) is 12.0. The lowest BCUT2D eigenvalue weighted by Gasteiger charge is -2.33. The molecule has 0 unspecified atom stereocenters. The van der Waals surface area contributed by atoms with E-state index in [9.17, 15) is 4.79 Å². The van der Waals surface area contributed by atoms with Gasteiger partial charge in [0.1, 0.15) is 17.5 Å². The molecule has 2 heterocycles. The average molecular weight is 341 g/mol. The molecule has 1 N–H and O–H groups in total. The molecule has 0 bridgehead atoms. The second-order valence-electron chi connectivity index (χ2n) is 6.14. The third-order valence-electron chi connectivity index (χ3n) is 4.23. The van der Waals surface area contributed by atoms with Crippen LogP contribution in [0, 0.1) is 6.92 Å². The van der Waals surface area contributed by atoms with Crippen LogP contribution in [0.25, 0.3) is 0 Å². The summed E-state index contributed by atoms with van der Waals surface area (Å²) in [6.07, 6.45) is 0. The quantitative estimate of drug-likeness (QED) is 0.854. The van der Waals surface area contributed by atoms with Crippen LogP contribution in [0.2, 0.25) is 0 Å². The lowest BCUT2D eigenvalue weighted by atomic mass is 10.2. The van der Waals surface area contributed by atoms with Crippen molar-refractivity contribution in [2.24, 2.45) is 0 Å². The number of aryl methyl sites for hydroxylation is 1. The number of carbonyl (C=O) groups is 1. The molecular weight excluding hydrogens is 318 g/mol. The fourth-order valence-corrected chi connectivity index (χ4v) is 2.77. The zero-order valence-corrected chi connectivity index (χ0v) is 14.8. The third-order valence-corrected chi connectivity index (χ3v) is 4.23. The van der Waals surface area contributed by atoms with Gasteiger partial charge in [-0.15, -0.1) is 0 Å². The summed E-state index contributed by atoms with van der Waals surface area (Å²) in [4.78, 5) is 25.1. The van der Waals surface area contributed by atoms with Gasteiger partial charge in [-0.1, -0.05) is 0 Å². The molecule has 25 heavy (non-hydrogen) atoms. The molecule has 1 saturated heterocycles. The Kier molecular flexibility index (Phi) is 5.14. The van der Waals surface area contributed by atoms with Crippen LogP contribution in [-0.2, 0) is 4.74 Å². The summed E-state index contributed by atoms with van der Waals surface area (Å²) in [5, 5.41) is 3.28. The van der Waals surface area contributed by atoms with Crippen LogP contribution in [-0.4, -0.2) is 61.2 Å². The number of hydrogen-bond acceptors (Lipinski definition) is 7. The van der Waals surface area contributed by atoms with Gasteiger partial charge in [-0.2, -0.15) is 0 Å². The topological polar surface area (TPSA) is 70.6 Å². The van der Waals surface area contributed by atoms with Gasteiger partial charge in [-0.3, -0.25) is 0 Å². The number of esters is 1. The smallest absolute Gasteiger partial charge is 0.337 e. The van der Waals surface area contributed by atoms with Crippen molar-refractivity contribution in [2.75, 3.05) is 50.6 Å². The Labute approximate surface area is 147 Å². The molecule has 1 aliphatic rings. The SMILES string of the molecule is COC(=O)c1ccc(Nc2cc(N3CCN(C)CC3)nc(C)n2)cc1. The second kappa shape index (κ2) is 7.48. The number of anilines is 3. The molecule has 3 rings (SSSR count). The van der Waals surface area contributed by atoms with Gasteiger partial charge in [0, 0.05) is 37.9 Å². The van der Waals surface area contributed by atoms with Gasteiger partial charge < -0.3 is 19.9 Å². The molecule has 0 saturated carbocycles. The van der Waals surface area contributed by atoms with E-state index in [1.165, 1.54) is 7.11 Å². The molecular formula is C18H23N5O2. The highest BCUT2D eigenvalue weighted by Gasteiger charge is 2.16. The van der Waals surface area contributed by atoms with Gasteiger partial charge in [0.05, 0.1) is 12.7 Å². The van der Waals surface area contributed by atoms with Gasteiger partial charge >= 0.3 is 5.97 Å². The Hall–Kier alpha value is -2.67. The summed E-state index contributed by atoms with van der Waals surface area (Å²) in [7, 11) is 3.51. The van der Waals surface area contributed by atoms with Crippen LogP contribution in [0.3, 0.4) is 0 Å². The number of likely N-dealkylation sites (N-methyl/N-ethyl adjacent to an activating group) is 1. The summed E-state index contributed by atoms with van der Waals surface area (Å²) >= 11 is 0. The number of aromatic nitrogens is 2. The molecule has 7 heteroatoms. The molecule has 0 atom stereocenters. The minimum Gasteiger partial charge on any atom is -0.465 e. The Morgan fingerprint density at radius 2 is 1.80 bits per heavy atom. The fraction of sp³-hybridized carbons (Fsp3) is 0.389. The predicted molar refractivity (Wildman–Crippen MR) is 97.5 cm³/mol. The third kappa shape index (κ3) is 4.24. The van der Waals surface area contributed by atoms with E-state index in [0.717, 1.165) is 49.3 Å². The van der Waals surface area contributed by atoms with Crippen LogP contribution in [0.1, 0.15) is 16.2 Å². The first-order valence-electron chi connectivity index (χ1n) is 8.30. The molecule has 0 amide bonds. The van der Waals surface area contributed by atoms with Gasteiger partial charge in [-0.05, 0) is 38.2 Å².